The molecule has 1 aromatic rings. The monoisotopic (exact) mass is 310 g/mol. The highest BCUT2D eigenvalue weighted by atomic mass is 35.5. The van der Waals surface area contributed by atoms with E-state index < -0.39 is 34.7 Å². The van der Waals surface area contributed by atoms with E-state index in [0.717, 1.165) is 0 Å². The fourth-order valence-electron chi connectivity index (χ4n) is 2.04. The Morgan fingerprint density at radius 1 is 1.40 bits per heavy atom. The molecule has 0 aliphatic carbocycles. The summed E-state index contributed by atoms with van der Waals surface area (Å²) in [5, 5.41) is 12.2. The summed E-state index contributed by atoms with van der Waals surface area (Å²) in [4.78, 5) is 13.5. The van der Waals surface area contributed by atoms with Gasteiger partial charge >= 0.3 is 0 Å². The number of nitrogens with one attached hydrogen (secondary N) is 1. The van der Waals surface area contributed by atoms with Crippen LogP contribution in [-0.2, 0) is 0 Å². The minimum atomic E-state index is -1.69. The van der Waals surface area contributed by atoms with Gasteiger partial charge in [0.15, 0.2) is 17.4 Å². The number of carbonyl (C=O) groups is 1. The van der Waals surface area contributed by atoms with Crippen molar-refractivity contribution in [2.75, 3.05) is 19.6 Å². The number of hydrogen-bond donors (Lipinski definition) is 2. The molecule has 0 aromatic heterocycles. The van der Waals surface area contributed by atoms with Crippen LogP contribution in [-0.4, -0.2) is 41.6 Å². The number of benzene rings is 1. The van der Waals surface area contributed by atoms with Crippen LogP contribution in [0.1, 0.15) is 17.3 Å². The Kier molecular flexibility index (Phi) is 5.24. The van der Waals surface area contributed by atoms with Crippen molar-refractivity contribution < 1.29 is 23.1 Å². The number of phenolic OH excluding ortho intramolecular Hbond substituents is 1. The third kappa shape index (κ3) is 2.83. The van der Waals surface area contributed by atoms with Gasteiger partial charge in [0.05, 0.1) is 5.56 Å². The summed E-state index contributed by atoms with van der Waals surface area (Å²) in [6.07, 6.45) is 0. The largest absolute Gasteiger partial charge is 0.503 e. The van der Waals surface area contributed by atoms with Gasteiger partial charge in [-0.1, -0.05) is 0 Å². The quantitative estimate of drug-likeness (QED) is 0.776. The third-order valence-electron chi connectivity index (χ3n) is 3.13. The first-order valence-corrected chi connectivity index (χ1v) is 5.81. The molecule has 112 valence electrons. The molecule has 20 heavy (non-hydrogen) atoms. The maximum Gasteiger partial charge on any atom is 0.257 e. The number of phenols is 1. The predicted octanol–water partition coefficient (Wildman–Crippen LogP) is 1.67. The zero-order valence-electron chi connectivity index (χ0n) is 10.6. The van der Waals surface area contributed by atoms with Crippen molar-refractivity contribution >= 4 is 18.3 Å². The van der Waals surface area contributed by atoms with E-state index in [1.807, 2.05) is 0 Å². The first kappa shape index (κ1) is 16.6. The van der Waals surface area contributed by atoms with Gasteiger partial charge < -0.3 is 15.3 Å². The molecule has 1 aliphatic rings. The Morgan fingerprint density at radius 3 is 2.65 bits per heavy atom. The molecule has 0 bridgehead atoms. The van der Waals surface area contributed by atoms with E-state index >= 15 is 0 Å². The van der Waals surface area contributed by atoms with Crippen LogP contribution in [0, 0.1) is 17.5 Å². The van der Waals surface area contributed by atoms with Crippen LogP contribution in [0.2, 0.25) is 0 Å². The number of halogens is 4. The van der Waals surface area contributed by atoms with Crippen LogP contribution < -0.4 is 5.32 Å². The molecule has 1 aromatic carbocycles. The van der Waals surface area contributed by atoms with Gasteiger partial charge in [0.25, 0.3) is 5.91 Å². The van der Waals surface area contributed by atoms with Crippen molar-refractivity contribution in [3.63, 3.8) is 0 Å². The van der Waals surface area contributed by atoms with Crippen molar-refractivity contribution in [3.8, 4) is 5.75 Å². The second-order valence-corrected chi connectivity index (χ2v) is 4.43. The summed E-state index contributed by atoms with van der Waals surface area (Å²) in [7, 11) is 0. The molecule has 1 atom stereocenters. The maximum absolute atomic E-state index is 13.7. The Balaban J connectivity index is 0.00000200. The average Bonchev–Trinajstić information content (AvgIpc) is 2.40. The number of rotatable bonds is 1. The molecule has 0 saturated carbocycles. The molecule has 1 saturated heterocycles. The van der Waals surface area contributed by atoms with Crippen LogP contribution in [0.5, 0.6) is 5.75 Å². The van der Waals surface area contributed by atoms with E-state index in [9.17, 15) is 18.0 Å². The molecule has 0 spiro atoms. The topological polar surface area (TPSA) is 52.6 Å². The number of piperazine rings is 1. The molecule has 8 heteroatoms. The van der Waals surface area contributed by atoms with Crippen molar-refractivity contribution in [2.45, 2.75) is 13.0 Å². The molecule has 1 fully saturated rings. The lowest BCUT2D eigenvalue weighted by molar-refractivity contribution is 0.0649. The summed E-state index contributed by atoms with van der Waals surface area (Å²) in [6, 6.07) is 0.275. The highest BCUT2D eigenvalue weighted by Gasteiger charge is 2.29. The smallest absolute Gasteiger partial charge is 0.257 e. The summed E-state index contributed by atoms with van der Waals surface area (Å²) in [5.74, 6) is -6.81. The summed E-state index contributed by atoms with van der Waals surface area (Å²) in [5.41, 5.74) is -0.662. The maximum atomic E-state index is 13.7. The normalized spacial score (nSPS) is 18.6. The zero-order valence-corrected chi connectivity index (χ0v) is 11.4. The first-order chi connectivity index (χ1) is 8.93. The number of amides is 1. The van der Waals surface area contributed by atoms with E-state index in [1.165, 1.54) is 4.90 Å². The number of nitrogens with zero attached hydrogens (tertiary/aromatic N) is 1. The number of carbonyl (C=O) groups excluding carboxylic acids is 1. The Bertz CT molecular complexity index is 528. The Hall–Kier alpha value is -1.47. The minimum Gasteiger partial charge on any atom is -0.503 e. The van der Waals surface area contributed by atoms with E-state index in [2.05, 4.69) is 5.32 Å². The average molecular weight is 311 g/mol. The summed E-state index contributed by atoms with van der Waals surface area (Å²) < 4.78 is 39.8. The van der Waals surface area contributed by atoms with Crippen LogP contribution in [0.3, 0.4) is 0 Å². The van der Waals surface area contributed by atoms with Crippen molar-refractivity contribution in [2.24, 2.45) is 0 Å². The van der Waals surface area contributed by atoms with Crippen LogP contribution in [0.15, 0.2) is 6.07 Å². The second kappa shape index (κ2) is 6.32. The second-order valence-electron chi connectivity index (χ2n) is 4.43. The molecule has 4 nitrogen and oxygen atoms in total. The summed E-state index contributed by atoms with van der Waals surface area (Å²) in [6.45, 7) is 3.15. The van der Waals surface area contributed by atoms with Crippen LogP contribution >= 0.6 is 12.4 Å². The van der Waals surface area contributed by atoms with Gasteiger partial charge in [0.1, 0.15) is 0 Å². The lowest BCUT2D eigenvalue weighted by Gasteiger charge is -2.34. The van der Waals surface area contributed by atoms with Crippen molar-refractivity contribution in [1.29, 1.82) is 0 Å². The molecule has 0 radical (unpaired) electrons. The number of aromatic hydroxyl groups is 1. The first-order valence-electron chi connectivity index (χ1n) is 5.81. The van der Waals surface area contributed by atoms with Crippen LogP contribution in [0.25, 0.3) is 0 Å². The molecule has 1 aliphatic heterocycles. The third-order valence-corrected chi connectivity index (χ3v) is 3.13. The van der Waals surface area contributed by atoms with Gasteiger partial charge in [-0.05, 0) is 13.0 Å². The molecule has 1 amide bonds. The van der Waals surface area contributed by atoms with Gasteiger partial charge in [-0.25, -0.2) is 8.78 Å². The zero-order chi connectivity index (χ0) is 14.2. The SMILES string of the molecule is C[C@@H]1CNCCN1C(=O)c1cc(F)c(F)c(O)c1F.Cl. The minimum absolute atomic E-state index is 0. The lowest BCUT2D eigenvalue weighted by atomic mass is 10.1. The van der Waals surface area contributed by atoms with Gasteiger partial charge in [0.2, 0.25) is 5.82 Å². The molecule has 0 unspecified atom stereocenters. The van der Waals surface area contributed by atoms with Gasteiger partial charge in [-0.3, -0.25) is 4.79 Å². The molecule has 1 heterocycles. The molecule has 2 N–H and O–H groups in total. The van der Waals surface area contributed by atoms with Crippen LogP contribution in [0.4, 0.5) is 13.2 Å². The predicted molar refractivity (Wildman–Crippen MR) is 68.6 cm³/mol. The van der Waals surface area contributed by atoms with E-state index in [0.29, 0.717) is 25.7 Å². The molecular formula is C12H14ClF3N2O2. The van der Waals surface area contributed by atoms with E-state index in [1.54, 1.807) is 6.92 Å². The van der Waals surface area contributed by atoms with Gasteiger partial charge in [-0.2, -0.15) is 4.39 Å². The summed E-state index contributed by atoms with van der Waals surface area (Å²) >= 11 is 0. The highest BCUT2D eigenvalue weighted by Crippen LogP contribution is 2.27. The molecule has 2 rings (SSSR count). The Labute approximate surface area is 120 Å². The molecular weight excluding hydrogens is 297 g/mol. The van der Waals surface area contributed by atoms with E-state index in [-0.39, 0.29) is 18.4 Å². The standard InChI is InChI=1S/C12H13F3N2O2.ClH/c1-6-5-16-2-3-17(6)12(19)7-4-8(13)10(15)11(18)9(7)14;/h4,6,16,18H,2-3,5H2,1H3;1H/t6-;/m1./s1. The van der Waals surface area contributed by atoms with Gasteiger partial charge in [0, 0.05) is 25.7 Å². The fourth-order valence-corrected chi connectivity index (χ4v) is 2.04. The number of hydrogen-bond acceptors (Lipinski definition) is 3. The van der Waals surface area contributed by atoms with Gasteiger partial charge in [-0.15, -0.1) is 12.4 Å². The Morgan fingerprint density at radius 2 is 2.05 bits per heavy atom. The lowest BCUT2D eigenvalue weighted by Crippen LogP contribution is -2.52. The van der Waals surface area contributed by atoms with Crippen molar-refractivity contribution in [1.82, 2.24) is 10.2 Å². The van der Waals surface area contributed by atoms with Crippen molar-refractivity contribution in [3.05, 3.63) is 29.1 Å². The highest BCUT2D eigenvalue weighted by molar-refractivity contribution is 5.95. The van der Waals surface area contributed by atoms with E-state index in [4.69, 9.17) is 5.11 Å². The fraction of sp³-hybridized carbons (Fsp3) is 0.417.